The van der Waals surface area contributed by atoms with E-state index in [1.165, 1.54) is 30.6 Å². The number of amides is 1. The maximum Gasteiger partial charge on any atom is 0.276 e. The molecule has 0 spiro atoms. The fraction of sp³-hybridized carbons (Fsp3) is 0. The minimum Gasteiger partial charge on any atom is -0.507 e. The van der Waals surface area contributed by atoms with Gasteiger partial charge in [0.2, 0.25) is 5.43 Å². The molecule has 0 aliphatic heterocycles. The van der Waals surface area contributed by atoms with Gasteiger partial charge in [0.05, 0.1) is 6.21 Å². The smallest absolute Gasteiger partial charge is 0.276 e. The van der Waals surface area contributed by atoms with Crippen LogP contribution in [0.2, 0.25) is 0 Å². The number of para-hydroxylation sites is 1. The molecule has 0 radical (unpaired) electrons. The van der Waals surface area contributed by atoms with Gasteiger partial charge in [-0.1, -0.05) is 12.1 Å². The molecule has 0 bridgehead atoms. The minimum absolute atomic E-state index is 0.00882. The van der Waals surface area contributed by atoms with Crippen LogP contribution < -0.4 is 10.9 Å². The summed E-state index contributed by atoms with van der Waals surface area (Å²) in [6.07, 6.45) is 2.50. The second-order valence-corrected chi connectivity index (χ2v) is 4.98. The first kappa shape index (κ1) is 15.4. The number of hydrazone groups is 1. The third-order valence-corrected chi connectivity index (χ3v) is 3.39. The quantitative estimate of drug-likeness (QED) is 0.508. The number of nitrogens with one attached hydrogen (secondary N) is 2. The van der Waals surface area contributed by atoms with Gasteiger partial charge in [-0.25, -0.2) is 9.82 Å². The van der Waals surface area contributed by atoms with Crippen LogP contribution in [0, 0.1) is 5.82 Å². The monoisotopic (exact) mass is 325 g/mol. The average Bonchev–Trinajstić information content (AvgIpc) is 2.57. The minimum atomic E-state index is -0.742. The molecule has 0 atom stereocenters. The normalized spacial score (nSPS) is 11.0. The Morgan fingerprint density at radius 2 is 2.04 bits per heavy atom. The Labute approximate surface area is 135 Å². The number of phenols is 1. The first-order valence-corrected chi connectivity index (χ1v) is 6.98. The summed E-state index contributed by atoms with van der Waals surface area (Å²) in [6.45, 7) is 0. The molecule has 0 aliphatic rings. The van der Waals surface area contributed by atoms with Crippen molar-refractivity contribution in [2.75, 3.05) is 0 Å². The number of aromatic nitrogens is 1. The topological polar surface area (TPSA) is 94.5 Å². The number of rotatable bonds is 3. The van der Waals surface area contributed by atoms with E-state index in [0.29, 0.717) is 11.1 Å². The molecule has 6 nitrogen and oxygen atoms in total. The summed E-state index contributed by atoms with van der Waals surface area (Å²) in [5.74, 6) is -1.30. The van der Waals surface area contributed by atoms with Crippen LogP contribution in [0.25, 0.3) is 10.9 Å². The highest BCUT2D eigenvalue weighted by molar-refractivity contribution is 5.97. The van der Waals surface area contributed by atoms with Gasteiger partial charge in [0.25, 0.3) is 5.91 Å². The van der Waals surface area contributed by atoms with E-state index in [9.17, 15) is 19.1 Å². The highest BCUT2D eigenvalue weighted by atomic mass is 19.1. The number of hydrogen-bond donors (Lipinski definition) is 3. The fourth-order valence-electron chi connectivity index (χ4n) is 2.18. The number of phenolic OH excluding ortho intramolecular Hbond substituents is 1. The van der Waals surface area contributed by atoms with E-state index in [4.69, 9.17) is 0 Å². The lowest BCUT2D eigenvalue weighted by molar-refractivity contribution is 0.0954. The Balaban J connectivity index is 1.85. The number of halogens is 1. The number of aromatic amines is 1. The summed E-state index contributed by atoms with van der Waals surface area (Å²) >= 11 is 0. The number of hydrogen-bond acceptors (Lipinski definition) is 4. The van der Waals surface area contributed by atoms with E-state index in [1.807, 2.05) is 0 Å². The van der Waals surface area contributed by atoms with Crippen LogP contribution in [-0.4, -0.2) is 22.2 Å². The van der Waals surface area contributed by atoms with Gasteiger partial charge in [0.1, 0.15) is 17.1 Å². The predicted molar refractivity (Wildman–Crippen MR) is 87.7 cm³/mol. The van der Waals surface area contributed by atoms with Crippen LogP contribution in [0.4, 0.5) is 4.39 Å². The highest BCUT2D eigenvalue weighted by Gasteiger charge is 2.12. The predicted octanol–water partition coefficient (Wildman–Crippen LogP) is 2.14. The summed E-state index contributed by atoms with van der Waals surface area (Å²) in [5.41, 5.74) is 2.25. The number of benzene rings is 2. The molecule has 0 saturated heterocycles. The SMILES string of the molecule is O=C(N/N=C/c1ccccc1O)c1c[nH]c2ccc(F)cc2c1=O. The lowest BCUT2D eigenvalue weighted by Gasteiger charge is -2.03. The second-order valence-electron chi connectivity index (χ2n) is 4.98. The molecular weight excluding hydrogens is 313 g/mol. The lowest BCUT2D eigenvalue weighted by atomic mass is 10.1. The van der Waals surface area contributed by atoms with E-state index < -0.39 is 17.2 Å². The van der Waals surface area contributed by atoms with E-state index in [2.05, 4.69) is 15.5 Å². The Bertz CT molecular complexity index is 1010. The Hall–Kier alpha value is -3.48. The molecule has 24 heavy (non-hydrogen) atoms. The molecule has 3 N–H and O–H groups in total. The Kier molecular flexibility index (Phi) is 4.07. The van der Waals surface area contributed by atoms with Crippen molar-refractivity contribution in [3.05, 3.63) is 75.8 Å². The second kappa shape index (κ2) is 6.33. The van der Waals surface area contributed by atoms with Gasteiger partial charge in [-0.15, -0.1) is 0 Å². The molecule has 3 aromatic rings. The molecule has 1 amide bonds. The Morgan fingerprint density at radius 3 is 2.83 bits per heavy atom. The van der Waals surface area contributed by atoms with E-state index in [1.54, 1.807) is 18.2 Å². The third kappa shape index (κ3) is 3.00. The van der Waals surface area contributed by atoms with E-state index in [0.717, 1.165) is 6.07 Å². The number of carbonyl (C=O) groups excluding carboxylic acids is 1. The van der Waals surface area contributed by atoms with E-state index in [-0.39, 0.29) is 16.7 Å². The maximum atomic E-state index is 13.3. The van der Waals surface area contributed by atoms with Gasteiger partial charge in [-0.3, -0.25) is 9.59 Å². The van der Waals surface area contributed by atoms with Crippen molar-refractivity contribution < 1.29 is 14.3 Å². The van der Waals surface area contributed by atoms with Crippen molar-refractivity contribution in [3.63, 3.8) is 0 Å². The zero-order chi connectivity index (χ0) is 17.1. The van der Waals surface area contributed by atoms with Gasteiger partial charge in [-0.2, -0.15) is 5.10 Å². The molecular formula is C17H12FN3O3. The first-order valence-electron chi connectivity index (χ1n) is 6.98. The van der Waals surface area contributed by atoms with Gasteiger partial charge >= 0.3 is 0 Å². The van der Waals surface area contributed by atoms with Crippen LogP contribution in [0.1, 0.15) is 15.9 Å². The van der Waals surface area contributed by atoms with Crippen molar-refractivity contribution in [1.29, 1.82) is 0 Å². The Morgan fingerprint density at radius 1 is 1.25 bits per heavy atom. The number of nitrogens with zero attached hydrogens (tertiary/aromatic N) is 1. The number of carbonyl (C=O) groups is 1. The molecule has 3 rings (SSSR count). The number of pyridine rings is 1. The molecule has 120 valence electrons. The maximum absolute atomic E-state index is 13.3. The average molecular weight is 325 g/mol. The van der Waals surface area contributed by atoms with Gasteiger partial charge < -0.3 is 10.1 Å². The summed E-state index contributed by atoms with van der Waals surface area (Å²) in [5, 5.41) is 13.4. The molecule has 0 unspecified atom stereocenters. The highest BCUT2D eigenvalue weighted by Crippen LogP contribution is 2.12. The van der Waals surface area contributed by atoms with Crippen LogP contribution in [-0.2, 0) is 0 Å². The zero-order valence-electron chi connectivity index (χ0n) is 12.3. The van der Waals surface area contributed by atoms with Crippen molar-refractivity contribution in [2.24, 2.45) is 5.10 Å². The van der Waals surface area contributed by atoms with Crippen molar-refractivity contribution in [2.45, 2.75) is 0 Å². The molecule has 7 heteroatoms. The largest absolute Gasteiger partial charge is 0.507 e. The van der Waals surface area contributed by atoms with Gasteiger partial charge in [0, 0.05) is 22.7 Å². The third-order valence-electron chi connectivity index (χ3n) is 3.39. The van der Waals surface area contributed by atoms with Crippen molar-refractivity contribution in [3.8, 4) is 5.75 Å². The molecule has 2 aromatic carbocycles. The van der Waals surface area contributed by atoms with Gasteiger partial charge in [-0.05, 0) is 30.3 Å². The summed E-state index contributed by atoms with van der Waals surface area (Å²) < 4.78 is 13.3. The number of aromatic hydroxyl groups is 1. The number of fused-ring (bicyclic) bond motifs is 1. The van der Waals surface area contributed by atoms with Crippen molar-refractivity contribution in [1.82, 2.24) is 10.4 Å². The van der Waals surface area contributed by atoms with Crippen LogP contribution in [0.5, 0.6) is 5.75 Å². The standard InChI is InChI=1S/C17H12FN3O3/c18-11-5-6-14-12(7-11)16(23)13(9-19-14)17(24)21-20-8-10-3-1-2-4-15(10)22/h1-9,22H,(H,19,23)(H,21,24)/b20-8+. The summed E-state index contributed by atoms with van der Waals surface area (Å²) in [6, 6.07) is 10.1. The molecule has 1 heterocycles. The summed E-state index contributed by atoms with van der Waals surface area (Å²) in [4.78, 5) is 27.1. The molecule has 1 aromatic heterocycles. The van der Waals surface area contributed by atoms with E-state index >= 15 is 0 Å². The lowest BCUT2D eigenvalue weighted by Crippen LogP contribution is -2.25. The summed E-state index contributed by atoms with van der Waals surface area (Å²) in [7, 11) is 0. The zero-order valence-corrected chi connectivity index (χ0v) is 12.3. The van der Waals surface area contributed by atoms with Gasteiger partial charge in [0.15, 0.2) is 0 Å². The fourth-order valence-corrected chi connectivity index (χ4v) is 2.18. The van der Waals surface area contributed by atoms with Crippen molar-refractivity contribution >= 4 is 23.0 Å². The molecule has 0 saturated carbocycles. The molecule has 0 fully saturated rings. The van der Waals surface area contributed by atoms with Crippen LogP contribution in [0.15, 0.2) is 58.6 Å². The first-order chi connectivity index (χ1) is 11.6. The van der Waals surface area contributed by atoms with Crippen LogP contribution >= 0.6 is 0 Å². The molecule has 0 aliphatic carbocycles. The number of H-pyrrole nitrogens is 1. The van der Waals surface area contributed by atoms with Crippen LogP contribution in [0.3, 0.4) is 0 Å².